The van der Waals surface area contributed by atoms with E-state index in [2.05, 4.69) is 24.1 Å². The molecule has 108 valence electrons. The van der Waals surface area contributed by atoms with Gasteiger partial charge in [0, 0.05) is 12.2 Å². The maximum atomic E-state index is 11.9. The molecule has 0 saturated carbocycles. The molecule has 0 aliphatic carbocycles. The van der Waals surface area contributed by atoms with Crippen molar-refractivity contribution >= 4 is 15.9 Å². The summed E-state index contributed by atoms with van der Waals surface area (Å²) in [5.41, 5.74) is 0.195. The first-order valence-corrected chi connectivity index (χ1v) is 7.77. The summed E-state index contributed by atoms with van der Waals surface area (Å²) in [5.74, 6) is 0.255. The van der Waals surface area contributed by atoms with Crippen LogP contribution in [0.25, 0.3) is 0 Å². The second kappa shape index (κ2) is 6.21. The number of amides is 1. The van der Waals surface area contributed by atoms with E-state index in [0.717, 1.165) is 12.8 Å². The lowest BCUT2D eigenvalue weighted by Crippen LogP contribution is -2.32. The van der Waals surface area contributed by atoms with Crippen LogP contribution in [0.15, 0.2) is 17.2 Å². The largest absolute Gasteiger partial charge is 0.356 e. The molecule has 1 heterocycles. The fraction of sp³-hybridized carbons (Fsp3) is 0.583. The highest BCUT2D eigenvalue weighted by atomic mass is 32.2. The van der Waals surface area contributed by atoms with E-state index in [1.165, 1.54) is 12.3 Å². The van der Waals surface area contributed by atoms with E-state index in [9.17, 15) is 13.2 Å². The minimum atomic E-state index is -3.78. The number of carbonyl (C=O) groups excluding carboxylic acids is 1. The predicted molar refractivity (Wildman–Crippen MR) is 73.2 cm³/mol. The number of H-pyrrole nitrogens is 1. The highest BCUT2D eigenvalue weighted by Gasteiger charge is 2.16. The number of aromatic amines is 1. The molecule has 0 aliphatic rings. The number of carbonyl (C=O) groups is 1. The predicted octanol–water partition coefficient (Wildman–Crippen LogP) is 1.22. The van der Waals surface area contributed by atoms with Gasteiger partial charge >= 0.3 is 0 Å². The van der Waals surface area contributed by atoms with Crippen molar-refractivity contribution in [1.29, 1.82) is 0 Å². The number of sulfonamides is 1. The fourth-order valence-electron chi connectivity index (χ4n) is 1.63. The number of aromatic nitrogens is 1. The third kappa shape index (κ3) is 5.04. The van der Waals surface area contributed by atoms with Crippen LogP contribution in [0.1, 0.15) is 44.1 Å². The zero-order valence-corrected chi connectivity index (χ0v) is 12.3. The van der Waals surface area contributed by atoms with E-state index in [-0.39, 0.29) is 22.5 Å². The second-order valence-electron chi connectivity index (χ2n) is 5.14. The van der Waals surface area contributed by atoms with Crippen LogP contribution in [0.2, 0.25) is 0 Å². The number of hydrogen-bond acceptors (Lipinski definition) is 3. The van der Waals surface area contributed by atoms with Crippen molar-refractivity contribution in [3.63, 3.8) is 0 Å². The highest BCUT2D eigenvalue weighted by Crippen LogP contribution is 2.10. The zero-order chi connectivity index (χ0) is 14.6. The molecule has 7 heteroatoms. The van der Waals surface area contributed by atoms with Crippen molar-refractivity contribution in [2.45, 2.75) is 44.6 Å². The van der Waals surface area contributed by atoms with Crippen molar-refractivity contribution in [2.75, 3.05) is 0 Å². The average Bonchev–Trinajstić information content (AvgIpc) is 2.75. The lowest BCUT2D eigenvalue weighted by atomic mass is 10.0. The van der Waals surface area contributed by atoms with Crippen molar-refractivity contribution in [1.82, 2.24) is 10.3 Å². The van der Waals surface area contributed by atoms with Gasteiger partial charge in [0.25, 0.3) is 5.91 Å². The summed E-state index contributed by atoms with van der Waals surface area (Å²) >= 11 is 0. The molecule has 4 N–H and O–H groups in total. The number of nitrogens with two attached hydrogens (primary N) is 1. The SMILES string of the molecule is CC(C)CCC(C)NC(=O)c1cc(S(N)(=O)=O)c[nH]1. The van der Waals surface area contributed by atoms with Gasteiger partial charge < -0.3 is 10.3 Å². The molecule has 1 aromatic rings. The van der Waals surface area contributed by atoms with Crippen LogP contribution in [0, 0.1) is 5.92 Å². The van der Waals surface area contributed by atoms with Crippen LogP contribution in [0.5, 0.6) is 0 Å². The Labute approximate surface area is 113 Å². The van der Waals surface area contributed by atoms with Crippen LogP contribution in [0.4, 0.5) is 0 Å². The fourth-order valence-corrected chi connectivity index (χ4v) is 2.13. The first kappa shape index (κ1) is 15.7. The van der Waals surface area contributed by atoms with Gasteiger partial charge in [-0.2, -0.15) is 0 Å². The van der Waals surface area contributed by atoms with Crippen molar-refractivity contribution in [3.05, 3.63) is 18.0 Å². The summed E-state index contributed by atoms with van der Waals surface area (Å²) in [4.78, 5) is 14.4. The Hall–Kier alpha value is -1.34. The number of nitrogens with one attached hydrogen (secondary N) is 2. The van der Waals surface area contributed by atoms with Gasteiger partial charge in [-0.25, -0.2) is 13.6 Å². The van der Waals surface area contributed by atoms with Crippen molar-refractivity contribution in [3.8, 4) is 0 Å². The minimum absolute atomic E-state index is 0.0381. The molecule has 1 aromatic heterocycles. The van der Waals surface area contributed by atoms with E-state index in [0.29, 0.717) is 5.92 Å². The Bertz CT molecular complexity index is 534. The topological polar surface area (TPSA) is 105 Å². The number of primary sulfonamides is 1. The second-order valence-corrected chi connectivity index (χ2v) is 6.70. The molecule has 0 bridgehead atoms. The normalized spacial score (nSPS) is 13.5. The molecule has 0 radical (unpaired) electrons. The smallest absolute Gasteiger partial charge is 0.267 e. The Kier molecular flexibility index (Phi) is 5.13. The third-order valence-corrected chi connectivity index (χ3v) is 3.68. The van der Waals surface area contributed by atoms with Gasteiger partial charge in [0.15, 0.2) is 0 Å². The molecule has 6 nitrogen and oxygen atoms in total. The Morgan fingerprint density at radius 1 is 1.37 bits per heavy atom. The molecule has 0 fully saturated rings. The van der Waals surface area contributed by atoms with Crippen LogP contribution in [0.3, 0.4) is 0 Å². The first-order chi connectivity index (χ1) is 8.70. The quantitative estimate of drug-likeness (QED) is 0.732. The van der Waals surface area contributed by atoms with Crippen LogP contribution in [-0.2, 0) is 10.0 Å². The summed E-state index contributed by atoms with van der Waals surface area (Å²) in [6.45, 7) is 6.17. The van der Waals surface area contributed by atoms with E-state index < -0.39 is 10.0 Å². The van der Waals surface area contributed by atoms with Gasteiger partial charge in [-0.15, -0.1) is 0 Å². The summed E-state index contributed by atoms with van der Waals surface area (Å²) in [5, 5.41) is 7.78. The monoisotopic (exact) mass is 287 g/mol. The van der Waals surface area contributed by atoms with E-state index in [1.54, 1.807) is 0 Å². The highest BCUT2D eigenvalue weighted by molar-refractivity contribution is 7.89. The summed E-state index contributed by atoms with van der Waals surface area (Å²) in [7, 11) is -3.78. The Balaban J connectivity index is 2.61. The molecule has 1 atom stereocenters. The molecule has 1 rings (SSSR count). The third-order valence-electron chi connectivity index (χ3n) is 2.78. The molecule has 0 aromatic carbocycles. The lowest BCUT2D eigenvalue weighted by Gasteiger charge is -2.14. The summed E-state index contributed by atoms with van der Waals surface area (Å²) < 4.78 is 22.2. The van der Waals surface area contributed by atoms with Crippen LogP contribution >= 0.6 is 0 Å². The molecular weight excluding hydrogens is 266 g/mol. The van der Waals surface area contributed by atoms with E-state index in [1.807, 2.05) is 6.92 Å². The van der Waals surface area contributed by atoms with Crippen molar-refractivity contribution in [2.24, 2.45) is 11.1 Å². The number of hydrogen-bond donors (Lipinski definition) is 3. The van der Waals surface area contributed by atoms with E-state index >= 15 is 0 Å². The maximum Gasteiger partial charge on any atom is 0.267 e. The Morgan fingerprint density at radius 2 is 2.00 bits per heavy atom. The van der Waals surface area contributed by atoms with Crippen LogP contribution in [-0.4, -0.2) is 25.4 Å². The van der Waals surface area contributed by atoms with Gasteiger partial charge in [0.2, 0.25) is 10.0 Å². The van der Waals surface area contributed by atoms with Gasteiger partial charge in [0.05, 0.1) is 4.90 Å². The maximum absolute atomic E-state index is 11.9. The van der Waals surface area contributed by atoms with E-state index in [4.69, 9.17) is 5.14 Å². The standard InChI is InChI=1S/C12H21N3O3S/c1-8(2)4-5-9(3)15-12(16)11-6-10(7-14-11)19(13,17)18/h6-9,14H,4-5H2,1-3H3,(H,15,16)(H2,13,17,18). The molecule has 1 unspecified atom stereocenters. The van der Waals surface area contributed by atoms with Gasteiger partial charge in [0.1, 0.15) is 5.69 Å². The molecule has 0 spiro atoms. The van der Waals surface area contributed by atoms with Gasteiger partial charge in [-0.1, -0.05) is 13.8 Å². The molecule has 0 aliphatic heterocycles. The minimum Gasteiger partial charge on any atom is -0.356 e. The van der Waals surface area contributed by atoms with Crippen molar-refractivity contribution < 1.29 is 13.2 Å². The lowest BCUT2D eigenvalue weighted by molar-refractivity contribution is 0.0932. The molecular formula is C12H21N3O3S. The average molecular weight is 287 g/mol. The van der Waals surface area contributed by atoms with Crippen LogP contribution < -0.4 is 10.5 Å². The molecule has 1 amide bonds. The first-order valence-electron chi connectivity index (χ1n) is 6.22. The Morgan fingerprint density at radius 3 is 2.47 bits per heavy atom. The van der Waals surface area contributed by atoms with Gasteiger partial charge in [-0.05, 0) is 31.7 Å². The number of rotatable bonds is 6. The zero-order valence-electron chi connectivity index (χ0n) is 11.4. The summed E-state index contributed by atoms with van der Waals surface area (Å²) in [6.07, 6.45) is 3.11. The molecule has 19 heavy (non-hydrogen) atoms. The van der Waals surface area contributed by atoms with Gasteiger partial charge in [-0.3, -0.25) is 4.79 Å². The summed E-state index contributed by atoms with van der Waals surface area (Å²) in [6, 6.07) is 1.27. The molecule has 0 saturated heterocycles.